The minimum atomic E-state index is -1.35. The van der Waals surface area contributed by atoms with Crippen LogP contribution in [0, 0.1) is 5.82 Å². The van der Waals surface area contributed by atoms with Gasteiger partial charge in [0.15, 0.2) is 0 Å². The molecule has 82 valence electrons. The van der Waals surface area contributed by atoms with E-state index in [0.717, 1.165) is 0 Å². The normalized spacial score (nSPS) is 10.4. The van der Waals surface area contributed by atoms with Crippen LogP contribution in [0.15, 0.2) is 28.8 Å². The highest BCUT2D eigenvalue weighted by Gasteiger charge is 2.22. The first-order valence-corrected chi connectivity index (χ1v) is 4.62. The molecule has 0 bridgehead atoms. The summed E-state index contributed by atoms with van der Waals surface area (Å²) in [6.45, 7) is 0. The molecule has 0 aliphatic heterocycles. The number of nitrogens with zero attached hydrogens (tertiary/aromatic N) is 1. The van der Waals surface area contributed by atoms with Crippen molar-refractivity contribution in [1.82, 2.24) is 5.16 Å². The average molecular weight is 242 g/mol. The average Bonchev–Trinajstić information content (AvgIpc) is 2.61. The maximum atomic E-state index is 13.4. The van der Waals surface area contributed by atoms with Crippen molar-refractivity contribution in [3.05, 3.63) is 40.9 Å². The van der Waals surface area contributed by atoms with Gasteiger partial charge in [-0.25, -0.2) is 9.18 Å². The Morgan fingerprint density at radius 1 is 1.44 bits per heavy atom. The Bertz CT molecular complexity index is 553. The Hall–Kier alpha value is -1.88. The predicted octanol–water partition coefficient (Wildman–Crippen LogP) is 2.83. The second kappa shape index (κ2) is 3.94. The summed E-state index contributed by atoms with van der Waals surface area (Å²) < 4.78 is 17.9. The van der Waals surface area contributed by atoms with Crippen LogP contribution in [-0.2, 0) is 0 Å². The van der Waals surface area contributed by atoms with Gasteiger partial charge in [0.05, 0.1) is 0 Å². The standard InChI is InChI=1S/C10H5ClFNO3/c11-7-8(13-16-9(7)10(14)15)5-3-1-2-4-6(5)12/h1-4H,(H,14,15). The van der Waals surface area contributed by atoms with Gasteiger partial charge in [-0.05, 0) is 12.1 Å². The molecule has 0 spiro atoms. The number of carboxylic acids is 1. The molecule has 0 saturated heterocycles. The van der Waals surface area contributed by atoms with Crippen LogP contribution >= 0.6 is 11.6 Å². The molecule has 0 radical (unpaired) electrons. The summed E-state index contributed by atoms with van der Waals surface area (Å²) in [5.74, 6) is -2.39. The zero-order valence-corrected chi connectivity index (χ0v) is 8.53. The van der Waals surface area contributed by atoms with Gasteiger partial charge < -0.3 is 9.63 Å². The summed E-state index contributed by atoms with van der Waals surface area (Å²) in [5.41, 5.74) is 0.0842. The van der Waals surface area contributed by atoms with Gasteiger partial charge in [-0.1, -0.05) is 28.9 Å². The first-order chi connectivity index (χ1) is 7.61. The molecule has 0 amide bonds. The minimum Gasteiger partial charge on any atom is -0.475 e. The SMILES string of the molecule is O=C(O)c1onc(-c2ccccc2F)c1Cl. The predicted molar refractivity (Wildman–Crippen MR) is 53.9 cm³/mol. The number of hydrogen-bond donors (Lipinski definition) is 1. The summed E-state index contributed by atoms with van der Waals surface area (Å²) in [6, 6.07) is 5.75. The van der Waals surface area contributed by atoms with Gasteiger partial charge in [-0.15, -0.1) is 0 Å². The molecule has 1 heterocycles. The molecule has 0 unspecified atom stereocenters. The van der Waals surface area contributed by atoms with Crippen molar-refractivity contribution in [2.75, 3.05) is 0 Å². The molecular formula is C10H5ClFNO3. The Labute approximate surface area is 94.2 Å². The van der Waals surface area contributed by atoms with Crippen LogP contribution in [0.3, 0.4) is 0 Å². The number of aromatic nitrogens is 1. The third kappa shape index (κ3) is 1.65. The van der Waals surface area contributed by atoms with Crippen LogP contribution in [0.5, 0.6) is 0 Å². The second-order valence-corrected chi connectivity index (χ2v) is 3.34. The highest BCUT2D eigenvalue weighted by atomic mass is 35.5. The Morgan fingerprint density at radius 3 is 2.69 bits per heavy atom. The molecule has 1 N–H and O–H groups in total. The van der Waals surface area contributed by atoms with E-state index in [1.54, 1.807) is 6.07 Å². The maximum absolute atomic E-state index is 13.4. The summed E-state index contributed by atoms with van der Waals surface area (Å²) in [7, 11) is 0. The number of hydrogen-bond acceptors (Lipinski definition) is 3. The number of aromatic carboxylic acids is 1. The van der Waals surface area contributed by atoms with Gasteiger partial charge in [-0.3, -0.25) is 0 Å². The van der Waals surface area contributed by atoms with Gasteiger partial charge >= 0.3 is 5.97 Å². The van der Waals surface area contributed by atoms with Crippen LogP contribution in [0.4, 0.5) is 4.39 Å². The summed E-state index contributed by atoms with van der Waals surface area (Å²) in [4.78, 5) is 10.6. The molecule has 0 fully saturated rings. The fourth-order valence-corrected chi connectivity index (χ4v) is 1.48. The molecule has 0 atom stereocenters. The van der Waals surface area contributed by atoms with E-state index in [-0.39, 0.29) is 16.3 Å². The largest absolute Gasteiger partial charge is 0.475 e. The monoisotopic (exact) mass is 241 g/mol. The fourth-order valence-electron chi connectivity index (χ4n) is 1.23. The minimum absolute atomic E-state index is 0.0165. The summed E-state index contributed by atoms with van der Waals surface area (Å²) >= 11 is 5.72. The topological polar surface area (TPSA) is 63.3 Å². The molecule has 1 aromatic carbocycles. The number of halogens is 2. The van der Waals surface area contributed by atoms with Crippen molar-refractivity contribution >= 4 is 17.6 Å². The van der Waals surface area contributed by atoms with Gasteiger partial charge in [0.25, 0.3) is 5.76 Å². The molecule has 0 saturated carbocycles. The zero-order chi connectivity index (χ0) is 11.7. The van der Waals surface area contributed by atoms with E-state index in [0.29, 0.717) is 0 Å². The molecule has 6 heteroatoms. The van der Waals surface area contributed by atoms with E-state index in [9.17, 15) is 9.18 Å². The lowest BCUT2D eigenvalue weighted by atomic mass is 10.1. The Balaban J connectivity index is 2.58. The smallest absolute Gasteiger partial charge is 0.376 e. The summed E-state index contributed by atoms with van der Waals surface area (Å²) in [6.07, 6.45) is 0. The van der Waals surface area contributed by atoms with Crippen molar-refractivity contribution in [3.8, 4) is 11.3 Å². The maximum Gasteiger partial charge on any atom is 0.376 e. The van der Waals surface area contributed by atoms with Crippen LogP contribution < -0.4 is 0 Å². The fraction of sp³-hybridized carbons (Fsp3) is 0. The second-order valence-electron chi connectivity index (χ2n) is 2.96. The van der Waals surface area contributed by atoms with Crippen molar-refractivity contribution in [2.45, 2.75) is 0 Å². The Kier molecular flexibility index (Phi) is 2.62. The molecule has 0 aliphatic carbocycles. The van der Waals surface area contributed by atoms with Crippen LogP contribution in [-0.4, -0.2) is 16.2 Å². The first kappa shape index (κ1) is 10.6. The van der Waals surface area contributed by atoms with Crippen molar-refractivity contribution in [2.24, 2.45) is 0 Å². The van der Waals surface area contributed by atoms with E-state index in [1.165, 1.54) is 18.2 Å². The molecule has 0 aliphatic rings. The molecule has 2 rings (SSSR count). The lowest BCUT2D eigenvalue weighted by Gasteiger charge is -1.97. The van der Waals surface area contributed by atoms with E-state index < -0.39 is 17.5 Å². The summed E-state index contributed by atoms with van der Waals surface area (Å²) in [5, 5.41) is 11.9. The first-order valence-electron chi connectivity index (χ1n) is 4.24. The van der Waals surface area contributed by atoms with Crippen LogP contribution in [0.1, 0.15) is 10.6 Å². The molecule has 16 heavy (non-hydrogen) atoms. The van der Waals surface area contributed by atoms with Crippen molar-refractivity contribution in [1.29, 1.82) is 0 Å². The van der Waals surface area contributed by atoms with E-state index >= 15 is 0 Å². The van der Waals surface area contributed by atoms with E-state index in [2.05, 4.69) is 9.68 Å². The third-order valence-electron chi connectivity index (χ3n) is 1.96. The van der Waals surface area contributed by atoms with Crippen LogP contribution in [0.2, 0.25) is 5.02 Å². The van der Waals surface area contributed by atoms with Crippen LogP contribution in [0.25, 0.3) is 11.3 Å². The third-order valence-corrected chi connectivity index (χ3v) is 2.31. The van der Waals surface area contributed by atoms with Gasteiger partial charge in [0.2, 0.25) is 0 Å². The van der Waals surface area contributed by atoms with Crippen molar-refractivity contribution in [3.63, 3.8) is 0 Å². The number of carboxylic acid groups (broad SMARTS) is 1. The van der Waals surface area contributed by atoms with Gasteiger partial charge in [-0.2, -0.15) is 0 Å². The van der Waals surface area contributed by atoms with E-state index in [4.69, 9.17) is 16.7 Å². The van der Waals surface area contributed by atoms with E-state index in [1.807, 2.05) is 0 Å². The molecule has 1 aromatic heterocycles. The highest BCUT2D eigenvalue weighted by Crippen LogP contribution is 2.31. The lowest BCUT2D eigenvalue weighted by molar-refractivity contribution is 0.0652. The highest BCUT2D eigenvalue weighted by molar-refractivity contribution is 6.35. The molecular weight excluding hydrogens is 237 g/mol. The van der Waals surface area contributed by atoms with Crippen molar-refractivity contribution < 1.29 is 18.8 Å². The zero-order valence-electron chi connectivity index (χ0n) is 7.78. The molecule has 4 nitrogen and oxygen atoms in total. The van der Waals surface area contributed by atoms with Gasteiger partial charge in [0, 0.05) is 5.56 Å². The number of carbonyl (C=O) groups is 1. The lowest BCUT2D eigenvalue weighted by Crippen LogP contribution is -1.93. The number of benzene rings is 1. The number of rotatable bonds is 2. The molecule has 2 aromatic rings. The van der Waals surface area contributed by atoms with Gasteiger partial charge in [0.1, 0.15) is 16.5 Å². The quantitative estimate of drug-likeness (QED) is 0.878. The Morgan fingerprint density at radius 2 is 2.12 bits per heavy atom.